The molecule has 1 aliphatic carbocycles. The Bertz CT molecular complexity index is 354. The molecule has 0 saturated carbocycles. The van der Waals surface area contributed by atoms with Crippen molar-refractivity contribution in [1.29, 1.82) is 0 Å². The Hall–Kier alpha value is -1.37. The van der Waals surface area contributed by atoms with Crippen molar-refractivity contribution in [3.63, 3.8) is 0 Å². The maximum absolute atomic E-state index is 10.9. The molecular weight excluding hydrogens is 184 g/mol. The van der Waals surface area contributed by atoms with Crippen LogP contribution in [-0.2, 0) is 4.79 Å². The van der Waals surface area contributed by atoms with Crippen LogP contribution in [0.25, 0.3) is 0 Å². The lowest BCUT2D eigenvalue weighted by Crippen LogP contribution is -2.06. The molecule has 0 bridgehead atoms. The van der Waals surface area contributed by atoms with Crippen LogP contribution in [0.4, 0.5) is 0 Å². The molecule has 15 heavy (non-hydrogen) atoms. The summed E-state index contributed by atoms with van der Waals surface area (Å²) in [5.74, 6) is 0.357. The predicted molar refractivity (Wildman–Crippen MR) is 64.6 cm³/mol. The molecule has 0 aromatic carbocycles. The molecule has 1 aliphatic rings. The largest absolute Gasteiger partial charge is 0.298 e. The van der Waals surface area contributed by atoms with Crippen molar-refractivity contribution in [3.05, 3.63) is 47.1 Å². The van der Waals surface area contributed by atoms with E-state index in [1.807, 2.05) is 26.0 Å². The van der Waals surface area contributed by atoms with E-state index in [1.165, 1.54) is 5.57 Å². The van der Waals surface area contributed by atoms with Crippen LogP contribution in [0.3, 0.4) is 0 Å². The SMILES string of the molecule is C/C=C(\C(C=O)=C/C)C1C=CC(C)=CC1. The van der Waals surface area contributed by atoms with Crippen LogP contribution in [0.5, 0.6) is 0 Å². The number of allylic oxidation sites excluding steroid dienone is 8. The third kappa shape index (κ3) is 2.79. The van der Waals surface area contributed by atoms with Gasteiger partial charge in [-0.25, -0.2) is 0 Å². The molecule has 0 spiro atoms. The molecule has 0 amide bonds. The Kier molecular flexibility index (Phi) is 4.29. The zero-order valence-corrected chi connectivity index (χ0v) is 9.66. The summed E-state index contributed by atoms with van der Waals surface area (Å²) in [4.78, 5) is 10.9. The van der Waals surface area contributed by atoms with Gasteiger partial charge in [0.25, 0.3) is 0 Å². The number of carbonyl (C=O) groups excluding carboxylic acids is 1. The molecular formula is C14H18O. The summed E-state index contributed by atoms with van der Waals surface area (Å²) in [5, 5.41) is 0. The van der Waals surface area contributed by atoms with Gasteiger partial charge in [0.15, 0.2) is 0 Å². The minimum absolute atomic E-state index is 0.357. The third-order valence-corrected chi connectivity index (χ3v) is 2.77. The lowest BCUT2D eigenvalue weighted by molar-refractivity contribution is -0.104. The van der Waals surface area contributed by atoms with Crippen LogP contribution in [-0.4, -0.2) is 6.29 Å². The van der Waals surface area contributed by atoms with Crippen molar-refractivity contribution in [3.8, 4) is 0 Å². The maximum Gasteiger partial charge on any atom is 0.150 e. The molecule has 1 atom stereocenters. The lowest BCUT2D eigenvalue weighted by atomic mass is 9.86. The van der Waals surface area contributed by atoms with E-state index >= 15 is 0 Å². The maximum atomic E-state index is 10.9. The Morgan fingerprint density at radius 2 is 2.13 bits per heavy atom. The van der Waals surface area contributed by atoms with Crippen LogP contribution >= 0.6 is 0 Å². The highest BCUT2D eigenvalue weighted by Gasteiger charge is 2.14. The Morgan fingerprint density at radius 3 is 2.53 bits per heavy atom. The van der Waals surface area contributed by atoms with Gasteiger partial charge in [-0.05, 0) is 32.8 Å². The van der Waals surface area contributed by atoms with Gasteiger partial charge in [-0.1, -0.05) is 36.0 Å². The van der Waals surface area contributed by atoms with Crippen molar-refractivity contribution in [2.45, 2.75) is 27.2 Å². The predicted octanol–water partition coefficient (Wildman–Crippen LogP) is 3.60. The molecule has 0 fully saturated rings. The van der Waals surface area contributed by atoms with E-state index in [2.05, 4.69) is 25.2 Å². The van der Waals surface area contributed by atoms with Crippen LogP contribution in [0.2, 0.25) is 0 Å². The number of hydrogen-bond donors (Lipinski definition) is 0. The minimum Gasteiger partial charge on any atom is -0.298 e. The molecule has 0 saturated heterocycles. The van der Waals surface area contributed by atoms with E-state index in [0.717, 1.165) is 23.9 Å². The molecule has 0 aliphatic heterocycles. The molecule has 0 aromatic rings. The summed E-state index contributed by atoms with van der Waals surface area (Å²) in [6.07, 6.45) is 12.4. The molecule has 1 rings (SSSR count). The first-order valence-electron chi connectivity index (χ1n) is 5.36. The van der Waals surface area contributed by atoms with Gasteiger partial charge < -0.3 is 0 Å². The summed E-state index contributed by atoms with van der Waals surface area (Å²) in [6, 6.07) is 0. The smallest absolute Gasteiger partial charge is 0.150 e. The normalized spacial score (nSPS) is 22.6. The summed E-state index contributed by atoms with van der Waals surface area (Å²) >= 11 is 0. The van der Waals surface area contributed by atoms with Crippen molar-refractivity contribution < 1.29 is 4.79 Å². The van der Waals surface area contributed by atoms with E-state index < -0.39 is 0 Å². The Morgan fingerprint density at radius 1 is 1.40 bits per heavy atom. The van der Waals surface area contributed by atoms with Gasteiger partial charge in [0.05, 0.1) is 0 Å². The third-order valence-electron chi connectivity index (χ3n) is 2.77. The highest BCUT2D eigenvalue weighted by Crippen LogP contribution is 2.27. The van der Waals surface area contributed by atoms with Gasteiger partial charge in [-0.2, -0.15) is 0 Å². The van der Waals surface area contributed by atoms with E-state index in [0.29, 0.717) is 5.92 Å². The summed E-state index contributed by atoms with van der Waals surface area (Å²) in [5.41, 5.74) is 3.24. The van der Waals surface area contributed by atoms with Crippen molar-refractivity contribution in [2.75, 3.05) is 0 Å². The van der Waals surface area contributed by atoms with Crippen LogP contribution < -0.4 is 0 Å². The van der Waals surface area contributed by atoms with Gasteiger partial charge in [-0.15, -0.1) is 0 Å². The zero-order valence-electron chi connectivity index (χ0n) is 9.66. The van der Waals surface area contributed by atoms with Gasteiger partial charge in [0, 0.05) is 11.5 Å². The van der Waals surface area contributed by atoms with Gasteiger partial charge in [-0.3, -0.25) is 4.79 Å². The highest BCUT2D eigenvalue weighted by atomic mass is 16.1. The molecule has 0 heterocycles. The average Bonchev–Trinajstić information content (AvgIpc) is 2.27. The summed E-state index contributed by atoms with van der Waals surface area (Å²) in [7, 11) is 0. The minimum atomic E-state index is 0.357. The fraction of sp³-hybridized carbons (Fsp3) is 0.357. The van der Waals surface area contributed by atoms with Crippen LogP contribution in [0, 0.1) is 5.92 Å². The lowest BCUT2D eigenvalue weighted by Gasteiger charge is -2.18. The standard InChI is InChI=1S/C14H18O/c1-4-12(10-15)14(5-2)13-8-6-11(3)7-9-13/h4-8,10,13H,9H2,1-3H3/b12-4-,14-5+. The molecule has 0 aromatic heterocycles. The highest BCUT2D eigenvalue weighted by molar-refractivity contribution is 5.80. The summed E-state index contributed by atoms with van der Waals surface area (Å²) in [6.45, 7) is 5.99. The first kappa shape index (κ1) is 11.7. The Balaban J connectivity index is 2.88. The van der Waals surface area contributed by atoms with Crippen molar-refractivity contribution in [2.24, 2.45) is 5.92 Å². The molecule has 1 heteroatoms. The van der Waals surface area contributed by atoms with Crippen molar-refractivity contribution in [1.82, 2.24) is 0 Å². The van der Waals surface area contributed by atoms with E-state index in [1.54, 1.807) is 0 Å². The van der Waals surface area contributed by atoms with E-state index in [9.17, 15) is 4.79 Å². The van der Waals surface area contributed by atoms with Crippen LogP contribution in [0.1, 0.15) is 27.2 Å². The Labute approximate surface area is 91.9 Å². The zero-order chi connectivity index (χ0) is 11.3. The molecule has 80 valence electrons. The van der Waals surface area contributed by atoms with E-state index in [-0.39, 0.29) is 0 Å². The van der Waals surface area contributed by atoms with Gasteiger partial charge in [0.2, 0.25) is 0 Å². The number of rotatable bonds is 3. The number of hydrogen-bond acceptors (Lipinski definition) is 1. The molecule has 0 radical (unpaired) electrons. The van der Waals surface area contributed by atoms with E-state index in [4.69, 9.17) is 0 Å². The fourth-order valence-corrected chi connectivity index (χ4v) is 1.86. The number of aldehydes is 1. The average molecular weight is 202 g/mol. The van der Waals surface area contributed by atoms with Crippen LogP contribution in [0.15, 0.2) is 47.1 Å². The topological polar surface area (TPSA) is 17.1 Å². The molecule has 1 unspecified atom stereocenters. The van der Waals surface area contributed by atoms with Gasteiger partial charge in [0.1, 0.15) is 6.29 Å². The van der Waals surface area contributed by atoms with Gasteiger partial charge >= 0.3 is 0 Å². The first-order valence-corrected chi connectivity index (χ1v) is 5.36. The first-order chi connectivity index (χ1) is 7.22. The second-order valence-corrected chi connectivity index (χ2v) is 3.76. The summed E-state index contributed by atoms with van der Waals surface area (Å²) < 4.78 is 0. The second kappa shape index (κ2) is 5.50. The quantitative estimate of drug-likeness (QED) is 0.388. The monoisotopic (exact) mass is 202 g/mol. The fourth-order valence-electron chi connectivity index (χ4n) is 1.86. The second-order valence-electron chi connectivity index (χ2n) is 3.76. The van der Waals surface area contributed by atoms with Crippen molar-refractivity contribution >= 4 is 6.29 Å². The number of carbonyl (C=O) groups is 1. The molecule has 0 N–H and O–H groups in total. The molecule has 1 nitrogen and oxygen atoms in total.